The summed E-state index contributed by atoms with van der Waals surface area (Å²) in [4.78, 5) is 40.0. The van der Waals surface area contributed by atoms with Crippen LogP contribution in [0.25, 0.3) is 22.6 Å². The van der Waals surface area contributed by atoms with Crippen molar-refractivity contribution in [3.8, 4) is 11.5 Å². The molecule has 218 valence electrons. The number of oxazole rings is 1. The number of nitrogens with one attached hydrogen (secondary N) is 1. The quantitative estimate of drug-likeness (QED) is 0.307. The van der Waals surface area contributed by atoms with Gasteiger partial charge in [0.05, 0.1) is 19.0 Å². The Morgan fingerprint density at radius 1 is 1.05 bits per heavy atom. The lowest BCUT2D eigenvalue weighted by atomic mass is 10.0. The molecule has 13 heteroatoms. The topological polar surface area (TPSA) is 135 Å². The minimum atomic E-state index is -1.07. The second-order valence-electron chi connectivity index (χ2n) is 10.8. The monoisotopic (exact) mass is 581 g/mol. The molecule has 1 N–H and O–H groups in total. The second kappa shape index (κ2) is 11.0. The van der Waals surface area contributed by atoms with Gasteiger partial charge in [-0.1, -0.05) is 30.3 Å². The van der Waals surface area contributed by atoms with E-state index in [0.717, 1.165) is 5.56 Å². The number of rotatable bonds is 7. The van der Waals surface area contributed by atoms with Crippen LogP contribution in [0.1, 0.15) is 34.3 Å². The molecule has 0 radical (unpaired) electrons. The van der Waals surface area contributed by atoms with E-state index in [9.17, 15) is 14.0 Å². The van der Waals surface area contributed by atoms with Crippen LogP contribution in [-0.4, -0.2) is 84.1 Å². The molecule has 0 unspecified atom stereocenters. The Morgan fingerprint density at radius 2 is 1.84 bits per heavy atom. The Hall–Kier alpha value is -5.04. The zero-order chi connectivity index (χ0) is 29.5. The molecule has 3 aromatic heterocycles. The molecule has 12 nitrogen and oxygen atoms in total. The third-order valence-corrected chi connectivity index (χ3v) is 7.78. The number of halogens is 1. The Bertz CT molecular complexity index is 1800. The summed E-state index contributed by atoms with van der Waals surface area (Å²) >= 11 is 0. The van der Waals surface area contributed by atoms with Gasteiger partial charge < -0.3 is 14.6 Å². The highest BCUT2D eigenvalue weighted by Gasteiger charge is 2.43. The van der Waals surface area contributed by atoms with Crippen molar-refractivity contribution in [3.05, 3.63) is 83.9 Å². The third-order valence-electron chi connectivity index (χ3n) is 7.78. The molecule has 3 atom stereocenters. The van der Waals surface area contributed by atoms with E-state index in [-0.39, 0.29) is 24.3 Å². The molecule has 2 aliphatic rings. The SMILES string of the molecule is Cn1nnc([C@H](c2ccccc2)N2CCN(C(=O)c3cc(-c4nc5cc(NC(=O)[C@@H]6C[C@H]6F)ccc5o4)ccn3)CC2)n1. The van der Waals surface area contributed by atoms with Crippen molar-refractivity contribution in [1.82, 2.24) is 40.0 Å². The van der Waals surface area contributed by atoms with Gasteiger partial charge in [0.1, 0.15) is 17.4 Å². The Labute approximate surface area is 245 Å². The van der Waals surface area contributed by atoms with Crippen LogP contribution in [-0.2, 0) is 11.8 Å². The van der Waals surface area contributed by atoms with Gasteiger partial charge in [-0.2, -0.15) is 4.80 Å². The molecule has 1 aliphatic carbocycles. The van der Waals surface area contributed by atoms with E-state index in [2.05, 4.69) is 35.6 Å². The van der Waals surface area contributed by atoms with Crippen molar-refractivity contribution in [2.45, 2.75) is 18.6 Å². The van der Waals surface area contributed by atoms with E-state index >= 15 is 0 Å². The van der Waals surface area contributed by atoms with Crippen LogP contribution in [0.15, 0.2) is 71.3 Å². The van der Waals surface area contributed by atoms with Crippen molar-refractivity contribution in [1.29, 1.82) is 0 Å². The number of alkyl halides is 1. The van der Waals surface area contributed by atoms with Crippen LogP contribution in [0.2, 0.25) is 0 Å². The minimum absolute atomic E-state index is 0.170. The van der Waals surface area contributed by atoms with Gasteiger partial charge >= 0.3 is 0 Å². The summed E-state index contributed by atoms with van der Waals surface area (Å²) in [6.07, 6.45) is 0.755. The van der Waals surface area contributed by atoms with Crippen molar-refractivity contribution in [2.75, 3.05) is 31.5 Å². The van der Waals surface area contributed by atoms with Crippen LogP contribution in [0, 0.1) is 5.92 Å². The predicted octanol–water partition coefficient (Wildman–Crippen LogP) is 3.26. The molecule has 1 aliphatic heterocycles. The fraction of sp³-hybridized carbons (Fsp3) is 0.300. The summed E-state index contributed by atoms with van der Waals surface area (Å²) in [5.74, 6) is -0.155. The summed E-state index contributed by atoms with van der Waals surface area (Å²) in [7, 11) is 1.74. The van der Waals surface area contributed by atoms with Crippen LogP contribution >= 0.6 is 0 Å². The van der Waals surface area contributed by atoms with E-state index in [0.29, 0.717) is 65.9 Å². The number of aromatic nitrogens is 6. The normalized spacial score (nSPS) is 19.3. The van der Waals surface area contributed by atoms with E-state index in [1.54, 1.807) is 48.5 Å². The van der Waals surface area contributed by atoms with Gasteiger partial charge in [-0.05, 0) is 47.5 Å². The van der Waals surface area contributed by atoms with Gasteiger partial charge in [0.25, 0.3) is 5.91 Å². The Balaban J connectivity index is 1.05. The molecule has 5 aromatic rings. The van der Waals surface area contributed by atoms with Crippen molar-refractivity contribution in [2.24, 2.45) is 13.0 Å². The van der Waals surface area contributed by atoms with E-state index in [1.807, 2.05) is 30.3 Å². The molecule has 2 fully saturated rings. The number of amides is 2. The zero-order valence-electron chi connectivity index (χ0n) is 23.3. The van der Waals surface area contributed by atoms with Crippen LogP contribution in [0.3, 0.4) is 0 Å². The number of benzene rings is 2. The summed E-state index contributed by atoms with van der Waals surface area (Å²) in [5.41, 5.74) is 3.54. The number of hydrogen-bond donors (Lipinski definition) is 1. The first-order chi connectivity index (χ1) is 20.9. The maximum atomic E-state index is 13.5. The second-order valence-corrected chi connectivity index (χ2v) is 10.8. The highest BCUT2D eigenvalue weighted by molar-refractivity contribution is 5.96. The first kappa shape index (κ1) is 26.8. The number of aryl methyl sites for hydroxylation is 1. The number of carbonyl (C=O) groups excluding carboxylic acids is 2. The average Bonchev–Trinajstić information content (AvgIpc) is 3.39. The summed E-state index contributed by atoms with van der Waals surface area (Å²) < 4.78 is 19.2. The molecule has 7 rings (SSSR count). The average molecular weight is 582 g/mol. The maximum Gasteiger partial charge on any atom is 0.272 e. The molecular formula is C30H28FN9O3. The molecule has 1 saturated heterocycles. The summed E-state index contributed by atoms with van der Waals surface area (Å²) in [5, 5.41) is 15.5. The lowest BCUT2D eigenvalue weighted by Crippen LogP contribution is -2.50. The number of tetrazole rings is 1. The molecule has 0 spiro atoms. The van der Waals surface area contributed by atoms with Gasteiger partial charge in [0.2, 0.25) is 11.8 Å². The molecule has 43 heavy (non-hydrogen) atoms. The van der Waals surface area contributed by atoms with E-state index in [1.165, 1.54) is 4.80 Å². The predicted molar refractivity (Wildman–Crippen MR) is 153 cm³/mol. The number of nitrogens with zero attached hydrogens (tertiary/aromatic N) is 8. The van der Waals surface area contributed by atoms with Gasteiger partial charge in [-0.25, -0.2) is 9.37 Å². The van der Waals surface area contributed by atoms with E-state index < -0.39 is 12.1 Å². The number of anilines is 1. The highest BCUT2D eigenvalue weighted by atomic mass is 19.1. The van der Waals surface area contributed by atoms with Crippen molar-refractivity contribution < 1.29 is 18.4 Å². The van der Waals surface area contributed by atoms with Gasteiger partial charge in [0.15, 0.2) is 11.4 Å². The summed E-state index contributed by atoms with van der Waals surface area (Å²) in [6.45, 7) is 2.27. The smallest absolute Gasteiger partial charge is 0.272 e. The van der Waals surface area contributed by atoms with Crippen LogP contribution < -0.4 is 5.32 Å². The van der Waals surface area contributed by atoms with E-state index in [4.69, 9.17) is 4.42 Å². The van der Waals surface area contributed by atoms with Crippen molar-refractivity contribution >= 4 is 28.6 Å². The molecule has 1 saturated carbocycles. The third kappa shape index (κ3) is 5.46. The molecule has 4 heterocycles. The largest absolute Gasteiger partial charge is 0.436 e. The lowest BCUT2D eigenvalue weighted by molar-refractivity contribution is -0.117. The maximum absolute atomic E-state index is 13.5. The molecule has 2 aromatic carbocycles. The van der Waals surface area contributed by atoms with Gasteiger partial charge in [-0.15, -0.1) is 10.2 Å². The Kier molecular flexibility index (Phi) is 6.86. The van der Waals surface area contributed by atoms with Crippen LogP contribution in [0.5, 0.6) is 0 Å². The fourth-order valence-electron chi connectivity index (χ4n) is 5.39. The first-order valence-electron chi connectivity index (χ1n) is 14.1. The Morgan fingerprint density at radius 3 is 2.56 bits per heavy atom. The number of pyridine rings is 1. The number of fused-ring (bicyclic) bond motifs is 1. The first-order valence-corrected chi connectivity index (χ1v) is 14.1. The zero-order valence-corrected chi connectivity index (χ0v) is 23.3. The van der Waals surface area contributed by atoms with Crippen LogP contribution in [0.4, 0.5) is 10.1 Å². The fourth-order valence-corrected chi connectivity index (χ4v) is 5.39. The van der Waals surface area contributed by atoms with Gasteiger partial charge in [0, 0.05) is 43.6 Å². The molecule has 0 bridgehead atoms. The van der Waals surface area contributed by atoms with Gasteiger partial charge in [-0.3, -0.25) is 19.5 Å². The molecular weight excluding hydrogens is 553 g/mol. The lowest BCUT2D eigenvalue weighted by Gasteiger charge is -2.38. The minimum Gasteiger partial charge on any atom is -0.436 e. The standard InChI is InChI=1S/C30H28FN9O3/c1-38-36-27(35-37-38)26(18-5-3-2-4-6-18)39-11-13-40(14-12-39)30(42)24-15-19(9-10-32-24)29-34-23-16-20(7-8-25(23)43-29)33-28(41)21-17-22(21)31/h2-10,15-16,21-22,26H,11-14,17H2,1H3,(H,33,41)/t21-,22-,26+/m1/s1. The van der Waals surface area contributed by atoms with Crippen molar-refractivity contribution in [3.63, 3.8) is 0 Å². The number of piperazine rings is 1. The molecule has 2 amide bonds. The number of carbonyl (C=O) groups is 2. The summed E-state index contributed by atoms with van der Waals surface area (Å²) in [6, 6.07) is 18.3. The number of hydrogen-bond acceptors (Lipinski definition) is 9. The highest BCUT2D eigenvalue weighted by Crippen LogP contribution is 2.35.